The van der Waals surface area contributed by atoms with E-state index in [1.54, 1.807) is 18.2 Å². The largest absolute Gasteiger partial charge is 0.271 e. The average Bonchev–Trinajstić information content (AvgIpc) is 2.52. The Morgan fingerprint density at radius 2 is 1.68 bits per heavy atom. The molecule has 2 amide bonds. The predicted octanol–water partition coefficient (Wildman–Crippen LogP) is 2.95. The zero-order valence-electron chi connectivity index (χ0n) is 11.3. The number of rotatable bonds is 3. The summed E-state index contributed by atoms with van der Waals surface area (Å²) in [4.78, 5) is 23.4. The van der Waals surface area contributed by atoms with Crippen molar-refractivity contribution in [2.24, 2.45) is 0 Å². The molecule has 0 aliphatic rings. The van der Waals surface area contributed by atoms with E-state index >= 15 is 0 Å². The number of hydrogen-bond donors (Lipinski definition) is 2. The fourth-order valence-corrected chi connectivity index (χ4v) is 1.84. The highest BCUT2D eigenvalue weighted by atomic mass is 35.5. The molecule has 0 heterocycles. The molecule has 0 atom stereocenters. The molecule has 0 aliphatic carbocycles. The van der Waals surface area contributed by atoms with E-state index in [-0.39, 0.29) is 16.4 Å². The lowest BCUT2D eigenvalue weighted by molar-refractivity contribution is -0.117. The molecule has 4 nitrogen and oxygen atoms in total. The second-order valence-electron chi connectivity index (χ2n) is 4.31. The van der Waals surface area contributed by atoms with E-state index < -0.39 is 11.8 Å². The van der Waals surface area contributed by atoms with Gasteiger partial charge in [0.25, 0.3) is 11.8 Å². The summed E-state index contributed by atoms with van der Waals surface area (Å²) in [5.74, 6) is -1.40. The van der Waals surface area contributed by atoms with Crippen molar-refractivity contribution in [3.05, 3.63) is 76.6 Å². The fraction of sp³-hybridized carbons (Fsp3) is 0. The topological polar surface area (TPSA) is 58.2 Å². The summed E-state index contributed by atoms with van der Waals surface area (Å²) < 4.78 is 12.7. The lowest BCUT2D eigenvalue weighted by Crippen LogP contribution is -2.40. The molecule has 112 valence electrons. The first-order valence-electron chi connectivity index (χ1n) is 6.35. The molecule has 2 aromatic rings. The molecule has 22 heavy (non-hydrogen) atoms. The van der Waals surface area contributed by atoms with Gasteiger partial charge in [0.15, 0.2) is 0 Å². The monoisotopic (exact) mass is 318 g/mol. The van der Waals surface area contributed by atoms with Crippen LogP contribution >= 0.6 is 11.6 Å². The minimum Gasteiger partial charge on any atom is -0.268 e. The van der Waals surface area contributed by atoms with Gasteiger partial charge in [-0.3, -0.25) is 20.4 Å². The summed E-state index contributed by atoms with van der Waals surface area (Å²) >= 11 is 5.87. The van der Waals surface area contributed by atoms with Crippen LogP contribution in [0.25, 0.3) is 6.08 Å². The Labute approximate surface area is 131 Å². The molecule has 0 aromatic heterocycles. The number of carbonyl (C=O) groups excluding carboxylic acids is 2. The first-order valence-corrected chi connectivity index (χ1v) is 6.72. The van der Waals surface area contributed by atoms with Crippen molar-refractivity contribution in [1.82, 2.24) is 10.9 Å². The second-order valence-corrected chi connectivity index (χ2v) is 4.72. The first-order chi connectivity index (χ1) is 10.6. The highest BCUT2D eigenvalue weighted by Crippen LogP contribution is 2.14. The Hall–Kier alpha value is -2.66. The Morgan fingerprint density at radius 1 is 1.00 bits per heavy atom. The van der Waals surface area contributed by atoms with E-state index in [0.717, 1.165) is 0 Å². The molecule has 0 aliphatic heterocycles. The van der Waals surface area contributed by atoms with Crippen LogP contribution in [-0.2, 0) is 4.79 Å². The summed E-state index contributed by atoms with van der Waals surface area (Å²) in [6.45, 7) is 0. The van der Waals surface area contributed by atoms with Gasteiger partial charge < -0.3 is 0 Å². The van der Waals surface area contributed by atoms with E-state index in [2.05, 4.69) is 10.9 Å². The number of hydrogen-bond acceptors (Lipinski definition) is 2. The lowest BCUT2D eigenvalue weighted by Gasteiger charge is -2.06. The zero-order chi connectivity index (χ0) is 15.9. The quantitative estimate of drug-likeness (QED) is 0.675. The molecule has 0 unspecified atom stereocenters. The van der Waals surface area contributed by atoms with Crippen LogP contribution in [0.3, 0.4) is 0 Å². The third-order valence-electron chi connectivity index (χ3n) is 2.71. The molecular formula is C16H12ClFN2O2. The van der Waals surface area contributed by atoms with Gasteiger partial charge in [0.2, 0.25) is 0 Å². The van der Waals surface area contributed by atoms with Gasteiger partial charge >= 0.3 is 0 Å². The Balaban J connectivity index is 1.89. The summed E-state index contributed by atoms with van der Waals surface area (Å²) in [6.07, 6.45) is 2.72. The summed E-state index contributed by atoms with van der Waals surface area (Å²) in [5, 5.41) is 0.288. The predicted molar refractivity (Wildman–Crippen MR) is 82.5 cm³/mol. The number of amides is 2. The zero-order valence-corrected chi connectivity index (χ0v) is 12.1. The van der Waals surface area contributed by atoms with Crippen LogP contribution in [0.4, 0.5) is 4.39 Å². The van der Waals surface area contributed by atoms with E-state index in [4.69, 9.17) is 11.6 Å². The van der Waals surface area contributed by atoms with Crippen molar-refractivity contribution >= 4 is 29.5 Å². The van der Waals surface area contributed by atoms with Crippen LogP contribution in [0.1, 0.15) is 15.9 Å². The van der Waals surface area contributed by atoms with Crippen molar-refractivity contribution in [3.63, 3.8) is 0 Å². The number of benzene rings is 2. The molecule has 2 rings (SSSR count). The van der Waals surface area contributed by atoms with Gasteiger partial charge in [0.05, 0.1) is 10.6 Å². The van der Waals surface area contributed by atoms with Crippen LogP contribution in [0, 0.1) is 5.82 Å². The molecule has 0 bridgehead atoms. The third-order valence-corrected chi connectivity index (χ3v) is 3.04. The van der Waals surface area contributed by atoms with Crippen molar-refractivity contribution < 1.29 is 14.0 Å². The summed E-state index contributed by atoms with van der Waals surface area (Å²) in [7, 11) is 0. The van der Waals surface area contributed by atoms with Gasteiger partial charge in [0.1, 0.15) is 5.82 Å². The van der Waals surface area contributed by atoms with Gasteiger partial charge in [-0.15, -0.1) is 0 Å². The number of nitrogens with one attached hydrogen (secondary N) is 2. The van der Waals surface area contributed by atoms with Crippen molar-refractivity contribution in [1.29, 1.82) is 0 Å². The standard InChI is InChI=1S/C16H12ClFN2O2/c17-14-4-2-1-3-13(14)16(22)20-19-15(21)10-7-11-5-8-12(18)9-6-11/h1-10H,(H,19,21)(H,20,22). The molecule has 2 N–H and O–H groups in total. The smallest absolute Gasteiger partial charge is 0.268 e. The minimum absolute atomic E-state index is 0.256. The third kappa shape index (κ3) is 4.43. The van der Waals surface area contributed by atoms with E-state index in [0.29, 0.717) is 5.56 Å². The van der Waals surface area contributed by atoms with Crippen LogP contribution in [0.5, 0.6) is 0 Å². The van der Waals surface area contributed by atoms with E-state index in [1.165, 1.54) is 42.5 Å². The molecule has 0 spiro atoms. The number of hydrazine groups is 1. The number of halogens is 2. The maximum atomic E-state index is 12.7. The number of carbonyl (C=O) groups is 2. The Morgan fingerprint density at radius 3 is 2.36 bits per heavy atom. The summed E-state index contributed by atoms with van der Waals surface area (Å²) in [5.41, 5.74) is 5.40. The van der Waals surface area contributed by atoms with Crippen LogP contribution in [-0.4, -0.2) is 11.8 Å². The minimum atomic E-state index is -0.523. The summed E-state index contributed by atoms with van der Waals surface area (Å²) in [6, 6.07) is 12.1. The lowest BCUT2D eigenvalue weighted by atomic mass is 10.2. The van der Waals surface area contributed by atoms with Crippen molar-refractivity contribution in [2.75, 3.05) is 0 Å². The molecule has 0 radical (unpaired) electrons. The molecular weight excluding hydrogens is 307 g/mol. The van der Waals surface area contributed by atoms with Gasteiger partial charge in [-0.25, -0.2) is 4.39 Å². The van der Waals surface area contributed by atoms with Gasteiger partial charge in [-0.2, -0.15) is 0 Å². The molecule has 0 fully saturated rings. The van der Waals surface area contributed by atoms with Gasteiger partial charge in [-0.05, 0) is 35.9 Å². The Kier molecular flexibility index (Phi) is 5.27. The van der Waals surface area contributed by atoms with E-state index in [9.17, 15) is 14.0 Å². The molecule has 0 saturated heterocycles. The molecule has 2 aromatic carbocycles. The van der Waals surface area contributed by atoms with Crippen LogP contribution in [0.15, 0.2) is 54.6 Å². The molecule has 0 saturated carbocycles. The maximum absolute atomic E-state index is 12.7. The fourth-order valence-electron chi connectivity index (χ4n) is 1.62. The average molecular weight is 319 g/mol. The van der Waals surface area contributed by atoms with Crippen molar-refractivity contribution in [3.8, 4) is 0 Å². The van der Waals surface area contributed by atoms with Crippen LogP contribution < -0.4 is 10.9 Å². The Bertz CT molecular complexity index is 714. The first kappa shape index (κ1) is 15.7. The molecule has 6 heteroatoms. The van der Waals surface area contributed by atoms with E-state index in [1.807, 2.05) is 0 Å². The highest BCUT2D eigenvalue weighted by Gasteiger charge is 2.09. The SMILES string of the molecule is O=C(C=Cc1ccc(F)cc1)NNC(=O)c1ccccc1Cl. The maximum Gasteiger partial charge on any atom is 0.271 e. The normalized spacial score (nSPS) is 10.5. The highest BCUT2D eigenvalue weighted by molar-refractivity contribution is 6.33. The second kappa shape index (κ2) is 7.38. The van der Waals surface area contributed by atoms with Gasteiger partial charge in [-0.1, -0.05) is 35.9 Å². The van der Waals surface area contributed by atoms with Crippen LogP contribution in [0.2, 0.25) is 5.02 Å². The van der Waals surface area contributed by atoms with Gasteiger partial charge in [0, 0.05) is 6.08 Å². The van der Waals surface area contributed by atoms with Crippen molar-refractivity contribution in [2.45, 2.75) is 0 Å².